The molecule has 0 aliphatic carbocycles. The van der Waals surface area contributed by atoms with Crippen molar-refractivity contribution in [3.05, 3.63) is 94.8 Å². The first-order chi connectivity index (χ1) is 13.1. The molecule has 0 spiro atoms. The van der Waals surface area contributed by atoms with Crippen LogP contribution in [0.5, 0.6) is 0 Å². The molecule has 0 saturated heterocycles. The van der Waals surface area contributed by atoms with Crippen LogP contribution in [0.1, 0.15) is 27.4 Å². The summed E-state index contributed by atoms with van der Waals surface area (Å²) in [7, 11) is 0. The van der Waals surface area contributed by atoms with Gasteiger partial charge < -0.3 is 5.32 Å². The molecule has 3 N–H and O–H groups in total. The Morgan fingerprint density at radius 2 is 1.59 bits per heavy atom. The van der Waals surface area contributed by atoms with Gasteiger partial charge >= 0.3 is 0 Å². The third-order valence-electron chi connectivity index (χ3n) is 4.00. The van der Waals surface area contributed by atoms with Crippen LogP contribution in [0.2, 0.25) is 5.15 Å². The first-order valence-corrected chi connectivity index (χ1v) is 8.48. The van der Waals surface area contributed by atoms with Gasteiger partial charge in [0.2, 0.25) is 0 Å². The molecule has 2 aromatic carbocycles. The molecule has 2 amide bonds. The minimum absolute atomic E-state index is 0.310. The number of hydroxylamine groups is 1. The van der Waals surface area contributed by atoms with Gasteiger partial charge in [-0.2, -0.15) is 0 Å². The van der Waals surface area contributed by atoms with Gasteiger partial charge in [0.05, 0.1) is 11.5 Å². The number of hydrogen-bond acceptors (Lipinski definition) is 4. The summed E-state index contributed by atoms with van der Waals surface area (Å²) >= 11 is 5.72. The smallest absolute Gasteiger partial charge is 0.257 e. The Hall–Kier alpha value is -3.22. The van der Waals surface area contributed by atoms with Crippen molar-refractivity contribution in [2.45, 2.75) is 5.92 Å². The van der Waals surface area contributed by atoms with Crippen LogP contribution in [0.3, 0.4) is 0 Å². The first-order valence-electron chi connectivity index (χ1n) is 8.10. The van der Waals surface area contributed by atoms with Gasteiger partial charge in [0.15, 0.2) is 0 Å². The fourth-order valence-corrected chi connectivity index (χ4v) is 2.79. The molecule has 27 heavy (non-hydrogen) atoms. The van der Waals surface area contributed by atoms with E-state index in [2.05, 4.69) is 10.3 Å². The van der Waals surface area contributed by atoms with Gasteiger partial charge in [0.1, 0.15) is 5.15 Å². The number of pyridine rings is 1. The van der Waals surface area contributed by atoms with E-state index in [4.69, 9.17) is 16.8 Å². The molecule has 1 atom stereocenters. The predicted molar refractivity (Wildman–Crippen MR) is 102 cm³/mol. The Kier molecular flexibility index (Phi) is 5.80. The first kappa shape index (κ1) is 18.6. The fraction of sp³-hybridized carbons (Fsp3) is 0.0500. The Bertz CT molecular complexity index is 929. The number of rotatable bonds is 5. The third kappa shape index (κ3) is 4.49. The van der Waals surface area contributed by atoms with Gasteiger partial charge in [-0.3, -0.25) is 14.8 Å². The quantitative estimate of drug-likeness (QED) is 0.357. The number of amides is 2. The van der Waals surface area contributed by atoms with Crippen LogP contribution in [-0.2, 0) is 4.79 Å². The lowest BCUT2D eigenvalue weighted by Crippen LogP contribution is -2.27. The van der Waals surface area contributed by atoms with Crippen molar-refractivity contribution in [3.63, 3.8) is 0 Å². The van der Waals surface area contributed by atoms with Crippen molar-refractivity contribution in [2.24, 2.45) is 0 Å². The second-order valence-corrected chi connectivity index (χ2v) is 6.15. The van der Waals surface area contributed by atoms with E-state index >= 15 is 0 Å². The van der Waals surface area contributed by atoms with Crippen molar-refractivity contribution in [3.8, 4) is 0 Å². The number of carbonyl (C=O) groups excluding carboxylic acids is 2. The lowest BCUT2D eigenvalue weighted by atomic mass is 9.90. The zero-order valence-electron chi connectivity index (χ0n) is 14.1. The van der Waals surface area contributed by atoms with Crippen LogP contribution in [-0.4, -0.2) is 22.0 Å². The molecule has 3 aromatic rings. The number of halogens is 1. The zero-order chi connectivity index (χ0) is 19.2. The van der Waals surface area contributed by atoms with Crippen LogP contribution < -0.4 is 10.8 Å². The van der Waals surface area contributed by atoms with Crippen LogP contribution in [0.25, 0.3) is 0 Å². The summed E-state index contributed by atoms with van der Waals surface area (Å²) in [5.41, 5.74) is 4.08. The van der Waals surface area contributed by atoms with Gasteiger partial charge in [0.25, 0.3) is 11.8 Å². The number of aromatic nitrogens is 1. The molecule has 3 rings (SSSR count). The molecule has 0 saturated carbocycles. The summed E-state index contributed by atoms with van der Waals surface area (Å²) in [4.78, 5) is 28.2. The highest BCUT2D eigenvalue weighted by atomic mass is 35.5. The van der Waals surface area contributed by atoms with E-state index in [0.717, 1.165) is 5.56 Å². The van der Waals surface area contributed by atoms with Crippen LogP contribution >= 0.6 is 11.6 Å². The number of benzene rings is 2. The monoisotopic (exact) mass is 381 g/mol. The Morgan fingerprint density at radius 1 is 0.926 bits per heavy atom. The average molecular weight is 382 g/mol. The van der Waals surface area contributed by atoms with Crippen molar-refractivity contribution in [1.82, 2.24) is 10.5 Å². The molecular formula is C20H16ClN3O3. The van der Waals surface area contributed by atoms with E-state index in [0.29, 0.717) is 22.0 Å². The topological polar surface area (TPSA) is 91.3 Å². The van der Waals surface area contributed by atoms with Crippen LogP contribution in [0.4, 0.5) is 5.69 Å². The highest BCUT2D eigenvalue weighted by Gasteiger charge is 2.22. The number of nitrogens with zero attached hydrogens (tertiary/aromatic N) is 1. The Labute approximate surface area is 160 Å². The summed E-state index contributed by atoms with van der Waals surface area (Å²) in [6.07, 6.45) is 1.39. The number of hydrogen-bond donors (Lipinski definition) is 3. The normalized spacial score (nSPS) is 11.5. The summed E-state index contributed by atoms with van der Waals surface area (Å²) < 4.78 is 0. The molecule has 0 aliphatic heterocycles. The molecule has 0 fully saturated rings. The molecule has 1 unspecified atom stereocenters. The standard InChI is InChI=1S/C20H16ClN3O3/c21-17-11-8-15(12-22-17)19(25)23-16-9-6-14(7-10-16)18(20(26)24-27)13-4-2-1-3-5-13/h1-12,18,27H,(H,23,25)(H,24,26). The lowest BCUT2D eigenvalue weighted by molar-refractivity contribution is -0.129. The van der Waals surface area contributed by atoms with Crippen molar-refractivity contribution < 1.29 is 14.8 Å². The maximum absolute atomic E-state index is 12.2. The summed E-state index contributed by atoms with van der Waals surface area (Å²) in [5, 5.41) is 12.1. The molecule has 0 bridgehead atoms. The fourth-order valence-electron chi connectivity index (χ4n) is 2.68. The third-order valence-corrected chi connectivity index (χ3v) is 4.22. The Morgan fingerprint density at radius 3 is 2.19 bits per heavy atom. The Balaban J connectivity index is 1.80. The van der Waals surface area contributed by atoms with E-state index in [-0.39, 0.29) is 5.91 Å². The van der Waals surface area contributed by atoms with E-state index in [9.17, 15) is 9.59 Å². The predicted octanol–water partition coefficient (Wildman–Crippen LogP) is 3.62. The van der Waals surface area contributed by atoms with E-state index in [1.807, 2.05) is 30.3 Å². The number of nitrogens with one attached hydrogen (secondary N) is 2. The van der Waals surface area contributed by atoms with Gasteiger partial charge in [-0.1, -0.05) is 54.1 Å². The minimum Gasteiger partial charge on any atom is -0.322 e. The van der Waals surface area contributed by atoms with E-state index < -0.39 is 11.8 Å². The maximum Gasteiger partial charge on any atom is 0.257 e. The highest BCUT2D eigenvalue weighted by Crippen LogP contribution is 2.26. The van der Waals surface area contributed by atoms with Crippen molar-refractivity contribution in [2.75, 3.05) is 5.32 Å². The lowest BCUT2D eigenvalue weighted by Gasteiger charge is -2.16. The highest BCUT2D eigenvalue weighted by molar-refractivity contribution is 6.29. The van der Waals surface area contributed by atoms with Crippen molar-refractivity contribution in [1.29, 1.82) is 0 Å². The summed E-state index contributed by atoms with van der Waals surface area (Å²) in [5.74, 6) is -1.52. The van der Waals surface area contributed by atoms with Gasteiger partial charge in [-0.15, -0.1) is 0 Å². The number of carbonyl (C=O) groups is 2. The molecule has 0 aliphatic rings. The van der Waals surface area contributed by atoms with Crippen LogP contribution in [0, 0.1) is 0 Å². The van der Waals surface area contributed by atoms with Crippen LogP contribution in [0.15, 0.2) is 72.9 Å². The molecule has 1 aromatic heterocycles. The SMILES string of the molecule is O=C(Nc1ccc(C(C(=O)NO)c2ccccc2)cc1)c1ccc(Cl)nc1. The number of anilines is 1. The summed E-state index contributed by atoms with van der Waals surface area (Å²) in [6.45, 7) is 0. The van der Waals surface area contributed by atoms with Crippen molar-refractivity contribution >= 4 is 29.1 Å². The molecule has 6 nitrogen and oxygen atoms in total. The van der Waals surface area contributed by atoms with E-state index in [1.54, 1.807) is 35.8 Å². The molecule has 1 heterocycles. The maximum atomic E-state index is 12.2. The van der Waals surface area contributed by atoms with Gasteiger partial charge in [-0.05, 0) is 35.4 Å². The van der Waals surface area contributed by atoms with Gasteiger partial charge in [0, 0.05) is 11.9 Å². The van der Waals surface area contributed by atoms with E-state index in [1.165, 1.54) is 12.3 Å². The zero-order valence-corrected chi connectivity index (χ0v) is 14.9. The second-order valence-electron chi connectivity index (χ2n) is 5.77. The van der Waals surface area contributed by atoms with Gasteiger partial charge in [-0.25, -0.2) is 10.5 Å². The minimum atomic E-state index is -0.665. The molecular weight excluding hydrogens is 366 g/mol. The molecule has 7 heteroatoms. The average Bonchev–Trinajstić information content (AvgIpc) is 2.70. The molecule has 136 valence electrons. The second kappa shape index (κ2) is 8.44. The largest absolute Gasteiger partial charge is 0.322 e. The summed E-state index contributed by atoms with van der Waals surface area (Å²) in [6, 6.07) is 19.1. The molecule has 0 radical (unpaired) electrons.